The molecule has 0 saturated carbocycles. The van der Waals surface area contributed by atoms with Crippen molar-refractivity contribution in [2.75, 3.05) is 0 Å². The Bertz CT molecular complexity index is 1920. The number of hydrogen-bond donors (Lipinski definition) is 0. The van der Waals surface area contributed by atoms with Gasteiger partial charge in [-0.05, 0) is 42.5 Å². The number of nitrogens with zero attached hydrogens (tertiary/aromatic N) is 6. The SMILES string of the molecule is c1ccc(-c2nc(-c3cccc(-c4nc(-c5cccnc5)nc5ccccc45)c3)nc3ccccc23)nc1. The lowest BCUT2D eigenvalue weighted by atomic mass is 10.0. The fourth-order valence-corrected chi connectivity index (χ4v) is 4.63. The van der Waals surface area contributed by atoms with Crippen LogP contribution in [0.5, 0.6) is 0 Å². The molecule has 0 spiro atoms. The molecule has 0 aliphatic carbocycles. The van der Waals surface area contributed by atoms with Gasteiger partial charge in [0.05, 0.1) is 22.4 Å². The first-order valence-corrected chi connectivity index (χ1v) is 12.3. The number of fused-ring (bicyclic) bond motifs is 2. The Balaban J connectivity index is 1.42. The van der Waals surface area contributed by atoms with Crippen molar-refractivity contribution in [2.45, 2.75) is 0 Å². The van der Waals surface area contributed by atoms with Gasteiger partial charge in [0.25, 0.3) is 0 Å². The molecule has 0 radical (unpaired) electrons. The van der Waals surface area contributed by atoms with Crippen LogP contribution in [-0.4, -0.2) is 29.9 Å². The summed E-state index contributed by atoms with van der Waals surface area (Å²) < 4.78 is 0. The highest BCUT2D eigenvalue weighted by molar-refractivity contribution is 5.95. The molecule has 4 aromatic heterocycles. The minimum atomic E-state index is 0.636. The predicted octanol–water partition coefficient (Wildman–Crippen LogP) is 7.03. The van der Waals surface area contributed by atoms with Gasteiger partial charge in [-0.1, -0.05) is 60.7 Å². The van der Waals surface area contributed by atoms with E-state index in [4.69, 9.17) is 19.9 Å². The summed E-state index contributed by atoms with van der Waals surface area (Å²) in [5, 5.41) is 1.94. The second-order valence-corrected chi connectivity index (χ2v) is 8.86. The minimum absolute atomic E-state index is 0.636. The van der Waals surface area contributed by atoms with Crippen LogP contribution in [0.1, 0.15) is 0 Å². The largest absolute Gasteiger partial charge is 0.264 e. The number of pyridine rings is 2. The lowest BCUT2D eigenvalue weighted by Gasteiger charge is -2.11. The van der Waals surface area contributed by atoms with Crippen LogP contribution in [0.4, 0.5) is 0 Å². The molecule has 7 aromatic rings. The Labute approximate surface area is 218 Å². The van der Waals surface area contributed by atoms with Crippen molar-refractivity contribution in [3.8, 4) is 45.4 Å². The van der Waals surface area contributed by atoms with Crippen LogP contribution in [0.25, 0.3) is 67.2 Å². The number of aromatic nitrogens is 6. The third-order valence-corrected chi connectivity index (χ3v) is 6.43. The molecule has 0 bridgehead atoms. The molecule has 0 aliphatic heterocycles. The summed E-state index contributed by atoms with van der Waals surface area (Å²) in [6, 6.07) is 34.0. The second-order valence-electron chi connectivity index (χ2n) is 8.86. The zero-order chi connectivity index (χ0) is 25.3. The molecule has 0 unspecified atom stereocenters. The van der Waals surface area contributed by atoms with Crippen LogP contribution >= 0.6 is 0 Å². The van der Waals surface area contributed by atoms with Crippen molar-refractivity contribution in [3.63, 3.8) is 0 Å². The Kier molecular flexibility index (Phi) is 5.33. The monoisotopic (exact) mass is 488 g/mol. The third kappa shape index (κ3) is 3.94. The standard InChI is InChI=1S/C32H20N6/c1-3-14-26-24(12-1)29(37-32(36-26)23-11-8-17-33-20-23)21-9-7-10-22(19-21)31-35-27-15-4-2-13-25(27)30(38-31)28-16-5-6-18-34-28/h1-20H. The normalized spacial score (nSPS) is 11.2. The van der Waals surface area contributed by atoms with E-state index in [1.165, 1.54) is 0 Å². The summed E-state index contributed by atoms with van der Waals surface area (Å²) >= 11 is 0. The van der Waals surface area contributed by atoms with E-state index in [1.54, 1.807) is 18.6 Å². The summed E-state index contributed by atoms with van der Waals surface area (Å²) in [6.45, 7) is 0. The molecule has 6 nitrogen and oxygen atoms in total. The van der Waals surface area contributed by atoms with Crippen LogP contribution in [0.2, 0.25) is 0 Å². The first-order chi connectivity index (χ1) is 18.8. The molecule has 0 amide bonds. The predicted molar refractivity (Wildman–Crippen MR) is 150 cm³/mol. The fourth-order valence-electron chi connectivity index (χ4n) is 4.63. The van der Waals surface area contributed by atoms with Crippen molar-refractivity contribution in [1.29, 1.82) is 0 Å². The van der Waals surface area contributed by atoms with Crippen LogP contribution in [0, 0.1) is 0 Å². The van der Waals surface area contributed by atoms with Crippen molar-refractivity contribution in [2.24, 2.45) is 0 Å². The molecule has 0 atom stereocenters. The Morgan fingerprint density at radius 2 is 1.11 bits per heavy atom. The third-order valence-electron chi connectivity index (χ3n) is 6.43. The van der Waals surface area contributed by atoms with E-state index in [9.17, 15) is 0 Å². The van der Waals surface area contributed by atoms with Gasteiger partial charge in [-0.15, -0.1) is 0 Å². The summed E-state index contributed by atoms with van der Waals surface area (Å²) in [5.74, 6) is 1.27. The van der Waals surface area contributed by atoms with Gasteiger partial charge in [0.15, 0.2) is 11.6 Å². The molecular formula is C32H20N6. The van der Waals surface area contributed by atoms with Gasteiger partial charge in [-0.2, -0.15) is 0 Å². The van der Waals surface area contributed by atoms with Crippen LogP contribution in [0.15, 0.2) is 122 Å². The molecule has 0 fully saturated rings. The average Bonchev–Trinajstić information content (AvgIpc) is 3.01. The van der Waals surface area contributed by atoms with E-state index < -0.39 is 0 Å². The molecule has 4 heterocycles. The van der Waals surface area contributed by atoms with E-state index in [1.807, 2.05) is 84.9 Å². The zero-order valence-electron chi connectivity index (χ0n) is 20.2. The van der Waals surface area contributed by atoms with Gasteiger partial charge < -0.3 is 0 Å². The lowest BCUT2D eigenvalue weighted by Crippen LogP contribution is -1.97. The van der Waals surface area contributed by atoms with Crippen molar-refractivity contribution < 1.29 is 0 Å². The topological polar surface area (TPSA) is 77.3 Å². The first-order valence-electron chi connectivity index (χ1n) is 12.3. The highest BCUT2D eigenvalue weighted by atomic mass is 14.9. The quantitative estimate of drug-likeness (QED) is 0.265. The number of rotatable bonds is 4. The molecule has 3 aromatic carbocycles. The Morgan fingerprint density at radius 1 is 0.447 bits per heavy atom. The maximum absolute atomic E-state index is 4.99. The van der Waals surface area contributed by atoms with Crippen molar-refractivity contribution in [3.05, 3.63) is 122 Å². The summed E-state index contributed by atoms with van der Waals surface area (Å²) in [4.78, 5) is 28.5. The van der Waals surface area contributed by atoms with E-state index >= 15 is 0 Å². The average molecular weight is 489 g/mol. The van der Waals surface area contributed by atoms with E-state index in [-0.39, 0.29) is 0 Å². The molecule has 178 valence electrons. The molecule has 7 rings (SSSR count). The molecule has 38 heavy (non-hydrogen) atoms. The van der Waals surface area contributed by atoms with Crippen LogP contribution in [-0.2, 0) is 0 Å². The van der Waals surface area contributed by atoms with Crippen molar-refractivity contribution in [1.82, 2.24) is 29.9 Å². The van der Waals surface area contributed by atoms with E-state index in [2.05, 4.69) is 28.2 Å². The van der Waals surface area contributed by atoms with Gasteiger partial charge in [0.1, 0.15) is 5.69 Å². The highest BCUT2D eigenvalue weighted by Crippen LogP contribution is 2.32. The fraction of sp³-hybridized carbons (Fsp3) is 0. The van der Waals surface area contributed by atoms with Gasteiger partial charge in [-0.25, -0.2) is 19.9 Å². The highest BCUT2D eigenvalue weighted by Gasteiger charge is 2.15. The van der Waals surface area contributed by atoms with Gasteiger partial charge in [-0.3, -0.25) is 9.97 Å². The van der Waals surface area contributed by atoms with E-state index in [0.29, 0.717) is 11.6 Å². The summed E-state index contributed by atoms with van der Waals surface area (Å²) in [5.41, 5.74) is 6.94. The van der Waals surface area contributed by atoms with Gasteiger partial charge >= 0.3 is 0 Å². The zero-order valence-corrected chi connectivity index (χ0v) is 20.2. The molecule has 6 heteroatoms. The molecule has 0 aliphatic rings. The molecule has 0 saturated heterocycles. The molecule has 0 N–H and O–H groups in total. The first kappa shape index (κ1) is 21.9. The minimum Gasteiger partial charge on any atom is -0.264 e. The van der Waals surface area contributed by atoms with E-state index in [0.717, 1.165) is 55.6 Å². The summed E-state index contributed by atoms with van der Waals surface area (Å²) in [6.07, 6.45) is 5.32. The molecular weight excluding hydrogens is 468 g/mol. The lowest BCUT2D eigenvalue weighted by molar-refractivity contribution is 1.20. The number of para-hydroxylation sites is 2. The maximum Gasteiger partial charge on any atom is 0.161 e. The van der Waals surface area contributed by atoms with Crippen molar-refractivity contribution >= 4 is 21.8 Å². The maximum atomic E-state index is 4.99. The number of hydrogen-bond acceptors (Lipinski definition) is 6. The smallest absolute Gasteiger partial charge is 0.161 e. The van der Waals surface area contributed by atoms with Gasteiger partial charge in [0, 0.05) is 46.1 Å². The van der Waals surface area contributed by atoms with Crippen LogP contribution < -0.4 is 0 Å². The Hall–Kier alpha value is -5.36. The Morgan fingerprint density at radius 3 is 1.84 bits per heavy atom. The number of benzene rings is 3. The van der Waals surface area contributed by atoms with Crippen LogP contribution in [0.3, 0.4) is 0 Å². The second kappa shape index (κ2) is 9.26. The summed E-state index contributed by atoms with van der Waals surface area (Å²) in [7, 11) is 0. The van der Waals surface area contributed by atoms with Gasteiger partial charge in [0.2, 0.25) is 0 Å².